The van der Waals surface area contributed by atoms with Crippen molar-refractivity contribution in [3.8, 4) is 17.4 Å². The number of hydrogen-bond acceptors (Lipinski definition) is 14. The molecule has 2 aromatic carbocycles. The maximum atomic E-state index is 13.7. The Morgan fingerprint density at radius 3 is 2.50 bits per heavy atom. The van der Waals surface area contributed by atoms with Gasteiger partial charge in [-0.15, -0.1) is 0 Å². The van der Waals surface area contributed by atoms with Crippen LogP contribution in [-0.4, -0.2) is 79.9 Å². The fraction of sp³-hybridized carbons (Fsp3) is 0.556. The Balaban J connectivity index is 1.51. The molecule has 15 nitrogen and oxygen atoms in total. The van der Waals surface area contributed by atoms with E-state index in [-0.39, 0.29) is 53.5 Å². The molecule has 1 saturated heterocycles. The molecule has 0 spiro atoms. The number of hydrogen-bond donors (Lipinski definition) is 3. The first-order valence-corrected chi connectivity index (χ1v) is 18.2. The number of nitrogens with zero attached hydrogens (tertiary/aromatic N) is 5. The summed E-state index contributed by atoms with van der Waals surface area (Å²) < 4.78 is 35.4. The standard InChI is InChI=1S/C36H49N6O9P/c1-19(2)24(31(44)49-17-34(3,4)5)41-52(46)51-26-21-14-12-11-13-20(21)15-22(35(6,7)8)27(26)48-16-23-28(43)36(9,45)32(50-23)42-18-38-25-29(42)39-33(37)40-30(25)47-10/h11-15,18-19,23-24,28,32,43,45H,16-17H2,1-10H3,(H2,37,39,40)/t23-,24+,28-,32?,36-/m1/s1. The summed E-state index contributed by atoms with van der Waals surface area (Å²) in [6.07, 6.45) is -2.26. The third-order valence-corrected chi connectivity index (χ3v) is 9.45. The largest absolute Gasteiger partial charge is 0.575 e. The summed E-state index contributed by atoms with van der Waals surface area (Å²) in [7, 11) is -1.39. The minimum Gasteiger partial charge on any atom is -0.575 e. The number of aliphatic hydroxyl groups is 2. The van der Waals surface area contributed by atoms with Gasteiger partial charge in [-0.25, -0.2) is 9.78 Å². The first kappa shape index (κ1) is 39.1. The second-order valence-electron chi connectivity index (χ2n) is 15.8. The average molecular weight is 741 g/mol. The first-order valence-electron chi connectivity index (χ1n) is 17.0. The molecule has 0 bridgehead atoms. The summed E-state index contributed by atoms with van der Waals surface area (Å²) in [5.41, 5.74) is 4.54. The zero-order valence-corrected chi connectivity index (χ0v) is 32.2. The molecule has 3 heterocycles. The number of carbonyl (C=O) groups is 1. The zero-order valence-electron chi connectivity index (χ0n) is 31.3. The van der Waals surface area contributed by atoms with Crippen LogP contribution in [0.1, 0.15) is 74.1 Å². The van der Waals surface area contributed by atoms with Gasteiger partial charge in [-0.3, -0.25) is 9.09 Å². The Bertz CT molecular complexity index is 1970. The van der Waals surface area contributed by atoms with E-state index in [0.717, 1.165) is 5.39 Å². The number of nitrogens with two attached hydrogens (primary N) is 1. The second kappa shape index (κ2) is 14.7. The fourth-order valence-electron chi connectivity index (χ4n) is 5.88. The summed E-state index contributed by atoms with van der Waals surface area (Å²) in [6, 6.07) is 8.32. The Morgan fingerprint density at radius 1 is 1.17 bits per heavy atom. The number of esters is 1. The molecule has 6 atom stereocenters. The lowest BCUT2D eigenvalue weighted by Crippen LogP contribution is -2.44. The van der Waals surface area contributed by atoms with Crippen LogP contribution in [0, 0.1) is 11.3 Å². The van der Waals surface area contributed by atoms with Gasteiger partial charge in [-0.1, -0.05) is 84.4 Å². The quantitative estimate of drug-likeness (QED) is 0.140. The van der Waals surface area contributed by atoms with Gasteiger partial charge in [0.1, 0.15) is 24.4 Å². The summed E-state index contributed by atoms with van der Waals surface area (Å²) in [5, 5.41) is 24.4. The van der Waals surface area contributed by atoms with Gasteiger partial charge in [0.15, 0.2) is 29.2 Å². The molecule has 0 saturated carbocycles. The van der Waals surface area contributed by atoms with Gasteiger partial charge in [-0.2, -0.15) is 9.97 Å². The van der Waals surface area contributed by atoms with E-state index in [0.29, 0.717) is 16.5 Å². The highest BCUT2D eigenvalue weighted by Crippen LogP contribution is 2.48. The van der Waals surface area contributed by atoms with Crippen LogP contribution in [0.15, 0.2) is 41.4 Å². The van der Waals surface area contributed by atoms with Gasteiger partial charge < -0.3 is 39.8 Å². The van der Waals surface area contributed by atoms with Gasteiger partial charge in [-0.05, 0) is 35.1 Å². The van der Waals surface area contributed by atoms with Crippen molar-refractivity contribution < 1.29 is 43.4 Å². The molecule has 4 aromatic rings. The Morgan fingerprint density at radius 2 is 1.87 bits per heavy atom. The lowest BCUT2D eigenvalue weighted by Gasteiger charge is -2.27. The highest BCUT2D eigenvalue weighted by molar-refractivity contribution is 7.34. The van der Waals surface area contributed by atoms with E-state index < -0.39 is 49.6 Å². The molecule has 2 aromatic heterocycles. The molecule has 1 fully saturated rings. The maximum Gasteiger partial charge on any atom is 0.395 e. The van der Waals surface area contributed by atoms with Crippen LogP contribution in [0.25, 0.3) is 21.9 Å². The van der Waals surface area contributed by atoms with Crippen molar-refractivity contribution >= 4 is 42.0 Å². The number of aromatic nitrogens is 4. The lowest BCUT2D eigenvalue weighted by molar-refractivity contribution is -0.170. The van der Waals surface area contributed by atoms with Crippen molar-refractivity contribution in [2.45, 2.75) is 97.8 Å². The summed E-state index contributed by atoms with van der Waals surface area (Å²) in [5.74, 6) is -0.443. The minimum atomic E-state index is -2.81. The molecule has 5 rings (SSSR count). The van der Waals surface area contributed by atoms with E-state index in [4.69, 9.17) is 29.2 Å². The highest BCUT2D eigenvalue weighted by atomic mass is 31.1. The van der Waals surface area contributed by atoms with E-state index in [1.807, 2.05) is 65.8 Å². The topological polar surface area (TPSA) is 209 Å². The van der Waals surface area contributed by atoms with Crippen molar-refractivity contribution in [1.82, 2.24) is 19.5 Å². The van der Waals surface area contributed by atoms with Crippen LogP contribution in [0.2, 0.25) is 0 Å². The lowest BCUT2D eigenvalue weighted by atomic mass is 9.84. The van der Waals surface area contributed by atoms with Gasteiger partial charge in [0.25, 0.3) is 0 Å². The third kappa shape index (κ3) is 8.08. The molecular weight excluding hydrogens is 691 g/mol. The summed E-state index contributed by atoms with van der Waals surface area (Å²) in [4.78, 5) is 39.4. The number of rotatable bonds is 11. The zero-order chi connectivity index (χ0) is 38.3. The third-order valence-electron chi connectivity index (χ3n) is 8.67. The maximum absolute atomic E-state index is 13.7. The van der Waals surface area contributed by atoms with Gasteiger partial charge in [0, 0.05) is 10.9 Å². The van der Waals surface area contributed by atoms with Crippen LogP contribution < -0.4 is 24.6 Å². The van der Waals surface area contributed by atoms with Crippen LogP contribution in [0.5, 0.6) is 17.4 Å². The van der Waals surface area contributed by atoms with Crippen LogP contribution in [0.3, 0.4) is 0 Å². The molecule has 0 amide bonds. The van der Waals surface area contributed by atoms with E-state index in [2.05, 4.69) is 19.7 Å². The molecule has 2 unspecified atom stereocenters. The Hall–Kier alpha value is -4.14. The number of aliphatic hydroxyl groups excluding tert-OH is 1. The SMILES string of the molecule is COc1nc(N)nc2c1ncn2C1O[C@H](COc2c(C(C)(C)C)cc3ccccc3c2O[P+]([O-])=N[C@H](C(=O)OCC(C)(C)C)C(C)C)[C@@H](O)[C@@]1(C)O. The number of nitrogen functional groups attached to an aromatic ring is 1. The molecule has 4 N–H and O–H groups in total. The van der Waals surface area contributed by atoms with Gasteiger partial charge in [0.2, 0.25) is 17.6 Å². The number of ether oxygens (including phenoxy) is 4. The fourth-order valence-corrected chi connectivity index (χ4v) is 6.83. The number of benzene rings is 2. The molecule has 16 heteroatoms. The molecule has 0 radical (unpaired) electrons. The number of imidazole rings is 1. The average Bonchev–Trinajstić information content (AvgIpc) is 3.57. The Labute approximate surface area is 304 Å². The minimum absolute atomic E-state index is 0.0747. The van der Waals surface area contributed by atoms with Crippen LogP contribution >= 0.6 is 8.17 Å². The highest BCUT2D eigenvalue weighted by Gasteiger charge is 2.54. The van der Waals surface area contributed by atoms with Crippen molar-refractivity contribution in [2.24, 2.45) is 16.1 Å². The summed E-state index contributed by atoms with van der Waals surface area (Å²) in [6.45, 7) is 16.8. The molecule has 52 heavy (non-hydrogen) atoms. The molecule has 1 aliphatic rings. The van der Waals surface area contributed by atoms with Gasteiger partial charge >= 0.3 is 14.1 Å². The van der Waals surface area contributed by atoms with Crippen LogP contribution in [0.4, 0.5) is 5.95 Å². The smallest absolute Gasteiger partial charge is 0.395 e. The predicted octanol–water partition coefficient (Wildman–Crippen LogP) is 4.80. The Kier molecular flexibility index (Phi) is 11.1. The van der Waals surface area contributed by atoms with E-state index >= 15 is 0 Å². The number of anilines is 1. The predicted molar refractivity (Wildman–Crippen MR) is 194 cm³/mol. The van der Waals surface area contributed by atoms with Gasteiger partial charge in [0.05, 0.1) is 20.0 Å². The van der Waals surface area contributed by atoms with E-state index in [1.54, 1.807) is 19.9 Å². The number of fused-ring (bicyclic) bond motifs is 2. The molecule has 0 aliphatic carbocycles. The first-order chi connectivity index (χ1) is 24.2. The number of methoxy groups -OCH3 is 1. The van der Waals surface area contributed by atoms with E-state index in [9.17, 15) is 19.9 Å². The van der Waals surface area contributed by atoms with Crippen LogP contribution in [-0.2, 0) is 19.7 Å². The summed E-state index contributed by atoms with van der Waals surface area (Å²) >= 11 is 0. The number of carbonyl (C=O) groups excluding carboxylic acids is 1. The monoisotopic (exact) mass is 740 g/mol. The second-order valence-corrected chi connectivity index (χ2v) is 16.7. The molecule has 282 valence electrons. The normalized spacial score (nSPS) is 21.9. The molecule has 1 aliphatic heterocycles. The molecular formula is C36H49N6O9P. The van der Waals surface area contributed by atoms with Crippen molar-refractivity contribution in [3.63, 3.8) is 0 Å². The van der Waals surface area contributed by atoms with Crippen molar-refractivity contribution in [3.05, 3.63) is 42.2 Å². The van der Waals surface area contributed by atoms with Crippen molar-refractivity contribution in [2.75, 3.05) is 26.1 Å². The van der Waals surface area contributed by atoms with E-state index in [1.165, 1.54) is 24.9 Å². The van der Waals surface area contributed by atoms with Crippen molar-refractivity contribution in [1.29, 1.82) is 0 Å².